The van der Waals surface area contributed by atoms with Crippen molar-refractivity contribution in [1.29, 1.82) is 0 Å². The number of hydrogen-bond acceptors (Lipinski definition) is 2. The first-order valence-electron chi connectivity index (χ1n) is 13.6. The fraction of sp³-hybridized carbons (Fsp3) is 0.688. The third kappa shape index (κ3) is 58.7. The monoisotopic (exact) mass is 549 g/mol. The van der Waals surface area contributed by atoms with Gasteiger partial charge in [0.15, 0.2) is 0 Å². The van der Waals surface area contributed by atoms with Crippen molar-refractivity contribution in [3.05, 3.63) is 47.5 Å². The Kier molecular flexibility index (Phi) is 85.0. The smallest absolute Gasteiger partial charge is 0.0406 e. The fourth-order valence-corrected chi connectivity index (χ4v) is 2.22. The van der Waals surface area contributed by atoms with Gasteiger partial charge in [-0.3, -0.25) is 0 Å². The third-order valence-corrected chi connectivity index (χ3v) is 4.19. The number of methoxy groups -OCH3 is 1. The summed E-state index contributed by atoms with van der Waals surface area (Å²) in [4.78, 5) is 2.53. The molecule has 0 amide bonds. The van der Waals surface area contributed by atoms with E-state index in [2.05, 4.69) is 67.9 Å². The molecule has 1 heterocycles. The molecule has 0 saturated carbocycles. The average Bonchev–Trinajstić information content (AvgIpc) is 2.95. The Bertz CT molecular complexity index is 462. The van der Waals surface area contributed by atoms with Crippen LogP contribution < -0.4 is 0 Å². The van der Waals surface area contributed by atoms with Crippen LogP contribution in [0.1, 0.15) is 101 Å². The van der Waals surface area contributed by atoms with Crippen LogP contribution >= 0.6 is 23.2 Å². The van der Waals surface area contributed by atoms with Crippen molar-refractivity contribution in [2.45, 2.75) is 102 Å². The number of terminal acetylenes is 1. The highest BCUT2D eigenvalue weighted by Crippen LogP contribution is 2.14. The summed E-state index contributed by atoms with van der Waals surface area (Å²) in [5.41, 5.74) is 1.33. The van der Waals surface area contributed by atoms with E-state index < -0.39 is 0 Å². The van der Waals surface area contributed by atoms with Crippen LogP contribution in [0.2, 0.25) is 5.02 Å². The lowest BCUT2D eigenvalue weighted by molar-refractivity contribution is 0.201. The molecule has 1 aromatic carbocycles. The predicted octanol–water partition coefficient (Wildman–Crippen LogP) is 11.1. The molecule has 0 N–H and O–H groups in total. The molecule has 36 heavy (non-hydrogen) atoms. The van der Waals surface area contributed by atoms with Gasteiger partial charge in [-0.2, -0.15) is 0 Å². The molecule has 0 bridgehead atoms. The van der Waals surface area contributed by atoms with Crippen LogP contribution in [-0.2, 0) is 11.2 Å². The molecule has 0 radical (unpaired) electrons. The molecule has 0 aliphatic carbocycles. The van der Waals surface area contributed by atoms with E-state index in [0.29, 0.717) is 0 Å². The number of likely N-dealkylation sites (tertiary alicyclic amines) is 1. The molecule has 0 aromatic heterocycles. The minimum Gasteiger partial charge on any atom is -0.388 e. The Morgan fingerprint density at radius 2 is 1.28 bits per heavy atom. The third-order valence-electron chi connectivity index (χ3n) is 3.93. The summed E-state index contributed by atoms with van der Waals surface area (Å²) in [5, 5.41) is 0.812. The summed E-state index contributed by atoms with van der Waals surface area (Å²) in [7, 11) is 3.25. The lowest BCUT2D eigenvalue weighted by atomic mass is 9.99. The van der Waals surface area contributed by atoms with Crippen LogP contribution in [0.5, 0.6) is 0 Å². The number of aryl methyl sites for hydroxylation is 1. The van der Waals surface area contributed by atoms with Gasteiger partial charge in [0, 0.05) is 25.6 Å². The van der Waals surface area contributed by atoms with Crippen LogP contribution in [0.4, 0.5) is 0 Å². The Morgan fingerprint density at radius 3 is 1.50 bits per heavy atom. The van der Waals surface area contributed by atoms with Crippen LogP contribution in [0.3, 0.4) is 0 Å². The summed E-state index contributed by atoms with van der Waals surface area (Å²) in [5.74, 6) is 3.23. The maximum Gasteiger partial charge on any atom is 0.0406 e. The van der Waals surface area contributed by atoms with E-state index in [-0.39, 0.29) is 0 Å². The molecule has 0 unspecified atom stereocenters. The van der Waals surface area contributed by atoms with Gasteiger partial charge >= 0.3 is 0 Å². The average molecular weight is 551 g/mol. The number of rotatable bonds is 3. The number of alkyl halides is 1. The molecule has 1 aliphatic heterocycles. The first kappa shape index (κ1) is 51.6. The van der Waals surface area contributed by atoms with E-state index in [1.165, 1.54) is 44.4 Å². The van der Waals surface area contributed by atoms with E-state index in [1.54, 1.807) is 21.1 Å². The van der Waals surface area contributed by atoms with Gasteiger partial charge in [-0.15, -0.1) is 30.5 Å². The predicted molar refractivity (Wildman–Crippen MR) is 175 cm³/mol. The minimum atomic E-state index is 0.812. The molecule has 1 saturated heterocycles. The number of hydrogen-bond donors (Lipinski definition) is 0. The van der Waals surface area contributed by atoms with Crippen LogP contribution in [0.25, 0.3) is 0 Å². The number of ether oxygens (including phenoxy) is 1. The summed E-state index contributed by atoms with van der Waals surface area (Å²) in [6.45, 7) is 29.8. The topological polar surface area (TPSA) is 12.5 Å². The van der Waals surface area contributed by atoms with E-state index in [9.17, 15) is 0 Å². The van der Waals surface area contributed by atoms with Crippen molar-refractivity contribution in [1.82, 2.24) is 4.90 Å². The second-order valence-corrected chi connectivity index (χ2v) is 6.93. The van der Waals surface area contributed by atoms with Crippen LogP contribution in [-0.4, -0.2) is 45.1 Å². The molecule has 2 nitrogen and oxygen atoms in total. The molecule has 1 aromatic rings. The van der Waals surface area contributed by atoms with Gasteiger partial charge in [-0.05, 0) is 75.9 Å². The first-order chi connectivity index (χ1) is 17.4. The van der Waals surface area contributed by atoms with Gasteiger partial charge in [-0.25, -0.2) is 0 Å². The Balaban J connectivity index is -0.0000000580. The van der Waals surface area contributed by atoms with Gasteiger partial charge in [0.2, 0.25) is 0 Å². The van der Waals surface area contributed by atoms with Gasteiger partial charge in [0.1, 0.15) is 0 Å². The van der Waals surface area contributed by atoms with Crippen molar-refractivity contribution < 1.29 is 4.74 Å². The number of piperidine rings is 1. The molecule has 1 aliphatic rings. The molecule has 4 heteroatoms. The summed E-state index contributed by atoms with van der Waals surface area (Å²) >= 11 is 10.3. The zero-order valence-electron chi connectivity index (χ0n) is 26.8. The molecular weight excluding hydrogens is 485 g/mol. The van der Waals surface area contributed by atoms with E-state index in [0.717, 1.165) is 23.8 Å². The SMILES string of the molecule is C#CC.C=CCC.CC.CC.CC.CCN1CCC(C)CC1.CCc1ccc(Cl)cc1.CCl.COC. The lowest BCUT2D eigenvalue weighted by Crippen LogP contribution is -2.32. The standard InChI is InChI=1S/C8H9Cl.C8H17N.C4H8.C3H4.C2H6O.3C2H6.CH3Cl/c1-2-7-3-5-8(9)6-4-7;1-3-9-6-4-8(2)5-7-9;1-3-4-2;2*1-3-2;4*1-2/h3-6H,2H2,1H3;8H,3-7H2,1-2H3;3H,1,4H2,2H3;1H,2H3;1-2H3;3*1-2H3;1H3. The number of benzene rings is 1. The first-order valence-corrected chi connectivity index (χ1v) is 14.8. The second-order valence-electron chi connectivity index (χ2n) is 6.49. The minimum absolute atomic E-state index is 0.812. The highest BCUT2D eigenvalue weighted by atomic mass is 35.5. The maximum absolute atomic E-state index is 5.67. The van der Waals surface area contributed by atoms with Crippen molar-refractivity contribution in [2.75, 3.05) is 40.2 Å². The van der Waals surface area contributed by atoms with Crippen LogP contribution in [0.15, 0.2) is 36.9 Å². The van der Waals surface area contributed by atoms with E-state index in [4.69, 9.17) is 11.6 Å². The quantitative estimate of drug-likeness (QED) is 0.211. The lowest BCUT2D eigenvalue weighted by Gasteiger charge is -2.28. The Labute approximate surface area is 240 Å². The van der Waals surface area contributed by atoms with Crippen molar-refractivity contribution in [3.8, 4) is 12.3 Å². The molecule has 2 rings (SSSR count). The van der Waals surface area contributed by atoms with Gasteiger partial charge in [0.25, 0.3) is 0 Å². The van der Waals surface area contributed by atoms with Gasteiger partial charge in [-0.1, -0.05) is 99.0 Å². The molecule has 1 fully saturated rings. The fourth-order valence-electron chi connectivity index (χ4n) is 2.10. The van der Waals surface area contributed by atoms with Gasteiger partial charge < -0.3 is 9.64 Å². The van der Waals surface area contributed by atoms with Crippen LogP contribution in [0, 0.1) is 18.3 Å². The van der Waals surface area contributed by atoms with Gasteiger partial charge in [0.05, 0.1) is 0 Å². The highest BCUT2D eigenvalue weighted by Gasteiger charge is 2.12. The largest absolute Gasteiger partial charge is 0.388 e. The number of halogens is 2. The number of nitrogens with zero attached hydrogens (tertiary/aromatic N) is 1. The van der Waals surface area contributed by atoms with Crippen molar-refractivity contribution in [2.24, 2.45) is 5.92 Å². The maximum atomic E-state index is 5.67. The summed E-state index contributed by atoms with van der Waals surface area (Å²) in [6, 6.07) is 7.92. The summed E-state index contributed by atoms with van der Waals surface area (Å²) in [6.07, 6.45) is 12.9. The summed E-state index contributed by atoms with van der Waals surface area (Å²) < 4.78 is 4.25. The van der Waals surface area contributed by atoms with E-state index >= 15 is 0 Å². The zero-order chi connectivity index (χ0) is 30.2. The van der Waals surface area contributed by atoms with Crippen molar-refractivity contribution >= 4 is 23.2 Å². The molecule has 0 spiro atoms. The Hall–Kier alpha value is -0.980. The Morgan fingerprint density at radius 1 is 0.972 bits per heavy atom. The molecular formula is C32H65Cl2NO. The number of allylic oxidation sites excluding steroid dienone is 1. The molecule has 218 valence electrons. The normalized spacial score (nSPS) is 10.6. The molecule has 0 atom stereocenters. The van der Waals surface area contributed by atoms with E-state index in [1.807, 2.05) is 71.9 Å². The highest BCUT2D eigenvalue weighted by molar-refractivity contribution is 6.30. The second kappa shape index (κ2) is 59.3. The zero-order valence-corrected chi connectivity index (χ0v) is 28.3. The van der Waals surface area contributed by atoms with Crippen molar-refractivity contribution in [3.63, 3.8) is 0 Å².